The van der Waals surface area contributed by atoms with E-state index < -0.39 is 22.1 Å². The van der Waals surface area contributed by atoms with Crippen LogP contribution in [0.1, 0.15) is 5.56 Å². The summed E-state index contributed by atoms with van der Waals surface area (Å²) >= 11 is 0. The Morgan fingerprint density at radius 1 is 1.40 bits per heavy atom. The molecule has 0 aromatic heterocycles. The van der Waals surface area contributed by atoms with Crippen molar-refractivity contribution in [1.82, 2.24) is 10.6 Å². The van der Waals surface area contributed by atoms with Gasteiger partial charge in [-0.05, 0) is 11.6 Å². The van der Waals surface area contributed by atoms with Crippen molar-refractivity contribution < 1.29 is 52.1 Å². The molecule has 1 aromatic carbocycles. The number of carbonyl (C=O) groups excluding carboxylic acids is 2. The first-order valence-corrected chi connectivity index (χ1v) is 6.94. The molecule has 1 unspecified atom stereocenters. The maximum atomic E-state index is 11.7. The van der Waals surface area contributed by atoms with Crippen molar-refractivity contribution in [2.24, 2.45) is 0 Å². The molecule has 102 valence electrons. The fraction of sp³-hybridized carbons (Fsp3) is 0.273. The normalized spacial score (nSPS) is 17.4. The zero-order valence-electron chi connectivity index (χ0n) is 10.8. The smallest absolute Gasteiger partial charge is 0.352 e. The van der Waals surface area contributed by atoms with Crippen LogP contribution < -0.4 is 40.2 Å². The number of benzene rings is 1. The third-order valence-electron chi connectivity index (χ3n) is 2.73. The first-order chi connectivity index (χ1) is 8.88. The van der Waals surface area contributed by atoms with Crippen LogP contribution in [0, 0.1) is 0 Å². The molecule has 1 fully saturated rings. The average molecular weight is 307 g/mol. The molecule has 20 heavy (non-hydrogen) atoms. The van der Waals surface area contributed by atoms with Gasteiger partial charge in [0, 0.05) is 6.54 Å². The maximum Gasteiger partial charge on any atom is 1.00 e. The molecule has 2 rings (SSSR count). The standard InChI is InChI=1S/C11H12N2O5S.Na/c14-10(13-8-6-12-11(8)15)5-7-3-1-2-4-9(7)19(16,17)18;/h1-4,8H,5-6H2,(H,12,15)(H,13,14)(H,16,17,18);/q;+1. The molecular weight excluding hydrogens is 295 g/mol. The van der Waals surface area contributed by atoms with Crippen LogP contribution in [-0.2, 0) is 26.1 Å². The molecule has 0 bridgehead atoms. The number of β-lactam (4-membered cyclic amide) rings is 1. The van der Waals surface area contributed by atoms with Crippen molar-refractivity contribution in [3.63, 3.8) is 0 Å². The van der Waals surface area contributed by atoms with Gasteiger partial charge in [0.15, 0.2) is 0 Å². The van der Waals surface area contributed by atoms with Crippen molar-refractivity contribution in [3.8, 4) is 0 Å². The molecule has 0 saturated carbocycles. The van der Waals surface area contributed by atoms with Gasteiger partial charge < -0.3 is 10.6 Å². The second-order valence-electron chi connectivity index (χ2n) is 4.12. The molecule has 1 heterocycles. The van der Waals surface area contributed by atoms with E-state index in [0.29, 0.717) is 6.54 Å². The average Bonchev–Trinajstić information content (AvgIpc) is 2.33. The molecule has 1 saturated heterocycles. The van der Waals surface area contributed by atoms with Crippen LogP contribution in [-0.4, -0.2) is 37.4 Å². The van der Waals surface area contributed by atoms with E-state index in [9.17, 15) is 18.0 Å². The van der Waals surface area contributed by atoms with Crippen molar-refractivity contribution in [1.29, 1.82) is 0 Å². The number of hydrogen-bond acceptors (Lipinski definition) is 4. The molecule has 0 radical (unpaired) electrons. The molecule has 0 spiro atoms. The van der Waals surface area contributed by atoms with Gasteiger partial charge in [-0.2, -0.15) is 8.42 Å². The Hall–Kier alpha value is -0.930. The van der Waals surface area contributed by atoms with Gasteiger partial charge in [-0.1, -0.05) is 18.2 Å². The summed E-state index contributed by atoms with van der Waals surface area (Å²) in [6.07, 6.45) is -0.222. The molecular formula is C11H12N2NaO5S+. The first kappa shape index (κ1) is 17.1. The summed E-state index contributed by atoms with van der Waals surface area (Å²) in [5.74, 6) is -0.743. The fourth-order valence-electron chi connectivity index (χ4n) is 1.72. The minimum absolute atomic E-state index is 0. The Kier molecular flexibility index (Phi) is 5.72. The summed E-state index contributed by atoms with van der Waals surface area (Å²) in [5, 5.41) is 4.94. The van der Waals surface area contributed by atoms with Crippen LogP contribution in [0.5, 0.6) is 0 Å². The van der Waals surface area contributed by atoms with Crippen molar-refractivity contribution in [3.05, 3.63) is 29.8 Å². The summed E-state index contributed by atoms with van der Waals surface area (Å²) < 4.78 is 31.3. The van der Waals surface area contributed by atoms with Gasteiger partial charge in [-0.15, -0.1) is 0 Å². The zero-order chi connectivity index (χ0) is 14.0. The Bertz CT molecular complexity index is 631. The van der Waals surface area contributed by atoms with E-state index >= 15 is 0 Å². The van der Waals surface area contributed by atoms with Gasteiger partial charge in [0.1, 0.15) is 6.04 Å². The topological polar surface area (TPSA) is 113 Å². The van der Waals surface area contributed by atoms with Crippen LogP contribution in [0.15, 0.2) is 29.2 Å². The first-order valence-electron chi connectivity index (χ1n) is 5.50. The van der Waals surface area contributed by atoms with E-state index in [4.69, 9.17) is 4.55 Å². The van der Waals surface area contributed by atoms with Gasteiger partial charge in [-0.3, -0.25) is 14.1 Å². The minimum Gasteiger partial charge on any atom is -0.352 e. The molecule has 0 aliphatic carbocycles. The Labute approximate surface area is 138 Å². The molecule has 7 nitrogen and oxygen atoms in total. The van der Waals surface area contributed by atoms with Crippen LogP contribution in [0.25, 0.3) is 0 Å². The number of amides is 2. The summed E-state index contributed by atoms with van der Waals surface area (Å²) in [5.41, 5.74) is 0.183. The summed E-state index contributed by atoms with van der Waals surface area (Å²) in [7, 11) is -4.37. The van der Waals surface area contributed by atoms with E-state index in [1.807, 2.05) is 0 Å². The summed E-state index contributed by atoms with van der Waals surface area (Å²) in [6, 6.07) is 5.10. The molecule has 1 aliphatic rings. The summed E-state index contributed by atoms with van der Waals surface area (Å²) in [6.45, 7) is 0.366. The Balaban J connectivity index is 0.00000200. The third kappa shape index (κ3) is 4.03. The van der Waals surface area contributed by atoms with Crippen LogP contribution in [0.2, 0.25) is 0 Å². The van der Waals surface area contributed by atoms with Gasteiger partial charge in [0.05, 0.1) is 11.3 Å². The fourth-order valence-corrected chi connectivity index (χ4v) is 2.45. The SMILES string of the molecule is O=C(Cc1ccccc1S(=O)(=O)O)NC1CNC1=O.[Na+]. The van der Waals surface area contributed by atoms with Crippen molar-refractivity contribution in [2.45, 2.75) is 17.4 Å². The molecule has 9 heteroatoms. The van der Waals surface area contributed by atoms with Crippen LogP contribution in [0.3, 0.4) is 0 Å². The van der Waals surface area contributed by atoms with E-state index in [1.54, 1.807) is 6.07 Å². The van der Waals surface area contributed by atoms with E-state index in [0.717, 1.165) is 0 Å². The van der Waals surface area contributed by atoms with Crippen LogP contribution >= 0.6 is 0 Å². The second kappa shape index (κ2) is 6.68. The number of hydrogen-bond donors (Lipinski definition) is 3. The second-order valence-corrected chi connectivity index (χ2v) is 5.51. The largest absolute Gasteiger partial charge is 1.00 e. The van der Waals surface area contributed by atoms with Gasteiger partial charge in [-0.25, -0.2) is 0 Å². The molecule has 1 atom stereocenters. The van der Waals surface area contributed by atoms with Gasteiger partial charge in [0.2, 0.25) is 11.8 Å². The van der Waals surface area contributed by atoms with Crippen molar-refractivity contribution >= 4 is 21.9 Å². The van der Waals surface area contributed by atoms with Gasteiger partial charge >= 0.3 is 29.6 Å². The minimum atomic E-state index is -4.37. The maximum absolute atomic E-state index is 11.7. The van der Waals surface area contributed by atoms with Crippen molar-refractivity contribution in [2.75, 3.05) is 6.54 Å². The third-order valence-corrected chi connectivity index (χ3v) is 3.69. The monoisotopic (exact) mass is 307 g/mol. The Morgan fingerprint density at radius 2 is 2.05 bits per heavy atom. The zero-order valence-corrected chi connectivity index (χ0v) is 13.6. The number of rotatable bonds is 4. The molecule has 1 aliphatic heterocycles. The summed E-state index contributed by atoms with van der Waals surface area (Å²) in [4.78, 5) is 22.4. The predicted octanol–water partition coefficient (Wildman–Crippen LogP) is -3.91. The number of carbonyl (C=O) groups is 2. The van der Waals surface area contributed by atoms with E-state index in [-0.39, 0.29) is 52.3 Å². The number of nitrogens with one attached hydrogen (secondary N) is 2. The molecule has 3 N–H and O–H groups in total. The Morgan fingerprint density at radius 3 is 2.55 bits per heavy atom. The predicted molar refractivity (Wildman–Crippen MR) is 64.9 cm³/mol. The quantitative estimate of drug-likeness (QED) is 0.299. The van der Waals surface area contributed by atoms with E-state index in [2.05, 4.69) is 10.6 Å². The van der Waals surface area contributed by atoms with Gasteiger partial charge in [0.25, 0.3) is 10.1 Å². The van der Waals surface area contributed by atoms with Crippen LogP contribution in [0.4, 0.5) is 0 Å². The molecule has 1 aromatic rings. The molecule has 2 amide bonds. The van der Waals surface area contributed by atoms with E-state index in [1.165, 1.54) is 18.2 Å².